The molecule has 1 aliphatic carbocycles. The van der Waals surface area contributed by atoms with Crippen molar-refractivity contribution in [1.82, 2.24) is 14.1 Å². The summed E-state index contributed by atoms with van der Waals surface area (Å²) in [4.78, 5) is 29.5. The number of nitrogens with zero attached hydrogens (tertiary/aromatic N) is 3. The highest BCUT2D eigenvalue weighted by molar-refractivity contribution is 7.89. The first kappa shape index (κ1) is 23.7. The van der Waals surface area contributed by atoms with Gasteiger partial charge in [-0.3, -0.25) is 9.59 Å². The molecule has 1 saturated heterocycles. The number of carbonyl (C=O) groups excluding carboxylic acids is 2. The van der Waals surface area contributed by atoms with Crippen molar-refractivity contribution < 1.29 is 18.0 Å². The van der Waals surface area contributed by atoms with Gasteiger partial charge in [-0.1, -0.05) is 32.8 Å². The van der Waals surface area contributed by atoms with E-state index in [1.54, 1.807) is 30.9 Å². The second kappa shape index (κ2) is 10.1. The van der Waals surface area contributed by atoms with Crippen molar-refractivity contribution in [3.8, 4) is 0 Å². The number of hydrogen-bond donors (Lipinski definition) is 0. The molecule has 1 aromatic carbocycles. The highest BCUT2D eigenvalue weighted by Crippen LogP contribution is 2.28. The van der Waals surface area contributed by atoms with Gasteiger partial charge in [-0.15, -0.1) is 0 Å². The van der Waals surface area contributed by atoms with Gasteiger partial charge < -0.3 is 9.80 Å². The largest absolute Gasteiger partial charge is 0.339 e. The van der Waals surface area contributed by atoms with Gasteiger partial charge in [0.2, 0.25) is 15.9 Å². The molecule has 0 atom stereocenters. The number of piperazine rings is 1. The maximum absolute atomic E-state index is 13.2. The van der Waals surface area contributed by atoms with Crippen LogP contribution in [0.4, 0.5) is 0 Å². The van der Waals surface area contributed by atoms with Crippen molar-refractivity contribution >= 4 is 21.8 Å². The number of amides is 2. The van der Waals surface area contributed by atoms with E-state index in [0.717, 1.165) is 18.4 Å². The van der Waals surface area contributed by atoms with Gasteiger partial charge in [-0.05, 0) is 43.4 Å². The third-order valence-corrected chi connectivity index (χ3v) is 8.69. The standard InChI is InChI=1S/C23H35N3O4S/c1-4-26(5-2)31(29,30)20-11-10-18(3)21(17-20)23(28)25-14-12-24(13-15-25)22(27)16-19-8-6-7-9-19/h10-11,17,19H,4-9,12-16H2,1-3H3. The molecule has 1 heterocycles. The topological polar surface area (TPSA) is 78.0 Å². The molecule has 0 unspecified atom stereocenters. The fraction of sp³-hybridized carbons (Fsp3) is 0.652. The Labute approximate surface area is 186 Å². The lowest BCUT2D eigenvalue weighted by atomic mass is 10.0. The van der Waals surface area contributed by atoms with Crippen molar-refractivity contribution in [3.63, 3.8) is 0 Å². The summed E-state index contributed by atoms with van der Waals surface area (Å²) in [6.45, 7) is 8.20. The quantitative estimate of drug-likeness (QED) is 0.641. The molecule has 1 saturated carbocycles. The van der Waals surface area contributed by atoms with Crippen LogP contribution in [0.25, 0.3) is 0 Å². The van der Waals surface area contributed by atoms with E-state index in [-0.39, 0.29) is 16.7 Å². The number of benzene rings is 1. The van der Waals surface area contributed by atoms with Crippen LogP contribution in [0.2, 0.25) is 0 Å². The number of carbonyl (C=O) groups is 2. The van der Waals surface area contributed by atoms with Crippen LogP contribution < -0.4 is 0 Å². The van der Waals surface area contributed by atoms with E-state index in [1.807, 2.05) is 11.8 Å². The molecule has 3 rings (SSSR count). The van der Waals surface area contributed by atoms with Gasteiger partial charge in [0.05, 0.1) is 4.90 Å². The lowest BCUT2D eigenvalue weighted by molar-refractivity contribution is -0.133. The molecule has 0 N–H and O–H groups in total. The zero-order chi connectivity index (χ0) is 22.6. The van der Waals surface area contributed by atoms with Crippen LogP contribution in [0.1, 0.15) is 61.9 Å². The molecule has 1 aromatic rings. The van der Waals surface area contributed by atoms with E-state index < -0.39 is 10.0 Å². The van der Waals surface area contributed by atoms with Gasteiger partial charge in [0.1, 0.15) is 0 Å². The predicted octanol–water partition coefficient (Wildman–Crippen LogP) is 2.89. The fourth-order valence-electron chi connectivity index (χ4n) is 4.62. The highest BCUT2D eigenvalue weighted by Gasteiger charge is 2.29. The summed E-state index contributed by atoms with van der Waals surface area (Å²) < 4.78 is 27.1. The number of aryl methyl sites for hydroxylation is 1. The molecule has 2 fully saturated rings. The van der Waals surface area contributed by atoms with Crippen molar-refractivity contribution in [1.29, 1.82) is 0 Å². The molecular formula is C23H35N3O4S. The zero-order valence-corrected chi connectivity index (χ0v) is 19.8. The molecule has 0 bridgehead atoms. The summed E-state index contributed by atoms with van der Waals surface area (Å²) in [7, 11) is -3.63. The van der Waals surface area contributed by atoms with Gasteiger partial charge >= 0.3 is 0 Å². The molecule has 31 heavy (non-hydrogen) atoms. The molecule has 2 aliphatic rings. The summed E-state index contributed by atoms with van der Waals surface area (Å²) in [5.41, 5.74) is 1.17. The molecule has 0 radical (unpaired) electrons. The SMILES string of the molecule is CCN(CC)S(=O)(=O)c1ccc(C)c(C(=O)N2CCN(C(=O)CC3CCCC3)CC2)c1. The van der Waals surface area contributed by atoms with Crippen LogP contribution in [-0.2, 0) is 14.8 Å². The number of hydrogen-bond acceptors (Lipinski definition) is 4. The number of rotatable bonds is 7. The monoisotopic (exact) mass is 449 g/mol. The minimum Gasteiger partial charge on any atom is -0.339 e. The summed E-state index contributed by atoms with van der Waals surface area (Å²) >= 11 is 0. The van der Waals surface area contributed by atoms with E-state index in [2.05, 4.69) is 0 Å². The van der Waals surface area contributed by atoms with Crippen molar-refractivity contribution in [3.05, 3.63) is 29.3 Å². The first-order chi connectivity index (χ1) is 14.8. The Kier molecular flexibility index (Phi) is 7.75. The predicted molar refractivity (Wildman–Crippen MR) is 120 cm³/mol. The summed E-state index contributed by atoms with van der Waals surface area (Å²) in [5.74, 6) is 0.546. The number of sulfonamides is 1. The summed E-state index contributed by atoms with van der Waals surface area (Å²) in [6, 6.07) is 4.77. The molecule has 2 amide bonds. The molecular weight excluding hydrogens is 414 g/mol. The van der Waals surface area contributed by atoms with Gasteiger partial charge in [0, 0.05) is 51.3 Å². The van der Waals surface area contributed by atoms with Crippen molar-refractivity contribution in [2.24, 2.45) is 5.92 Å². The van der Waals surface area contributed by atoms with E-state index in [1.165, 1.54) is 23.2 Å². The second-order valence-corrected chi connectivity index (χ2v) is 10.5. The average Bonchev–Trinajstić information content (AvgIpc) is 3.27. The Balaban J connectivity index is 1.67. The van der Waals surface area contributed by atoms with E-state index in [9.17, 15) is 18.0 Å². The lowest BCUT2D eigenvalue weighted by Crippen LogP contribution is -2.51. The molecule has 8 heteroatoms. The van der Waals surface area contributed by atoms with Crippen LogP contribution in [0.3, 0.4) is 0 Å². The maximum atomic E-state index is 13.2. The average molecular weight is 450 g/mol. The van der Waals surface area contributed by atoms with Crippen LogP contribution in [0.15, 0.2) is 23.1 Å². The zero-order valence-electron chi connectivity index (χ0n) is 19.0. The third-order valence-electron chi connectivity index (χ3n) is 6.64. The maximum Gasteiger partial charge on any atom is 0.254 e. The minimum atomic E-state index is -3.63. The minimum absolute atomic E-state index is 0.149. The Morgan fingerprint density at radius 3 is 2.16 bits per heavy atom. The first-order valence-corrected chi connectivity index (χ1v) is 12.9. The van der Waals surface area contributed by atoms with E-state index >= 15 is 0 Å². The fourth-order valence-corrected chi connectivity index (χ4v) is 6.11. The first-order valence-electron chi connectivity index (χ1n) is 11.5. The highest BCUT2D eigenvalue weighted by atomic mass is 32.2. The smallest absolute Gasteiger partial charge is 0.254 e. The van der Waals surface area contributed by atoms with Crippen LogP contribution in [0.5, 0.6) is 0 Å². The van der Waals surface area contributed by atoms with Crippen LogP contribution in [0, 0.1) is 12.8 Å². The van der Waals surface area contributed by atoms with Crippen LogP contribution in [-0.4, -0.2) is 73.6 Å². The Bertz CT molecular complexity index is 897. The van der Waals surface area contributed by atoms with Crippen molar-refractivity contribution in [2.75, 3.05) is 39.3 Å². The normalized spacial score (nSPS) is 18.1. The molecule has 0 aromatic heterocycles. The van der Waals surface area contributed by atoms with Crippen LogP contribution >= 0.6 is 0 Å². The van der Waals surface area contributed by atoms with E-state index in [0.29, 0.717) is 57.2 Å². The van der Waals surface area contributed by atoms with Gasteiger partial charge in [0.15, 0.2) is 0 Å². The molecule has 1 aliphatic heterocycles. The lowest BCUT2D eigenvalue weighted by Gasteiger charge is -2.35. The third kappa shape index (κ3) is 5.29. The molecule has 0 spiro atoms. The summed E-state index contributed by atoms with van der Waals surface area (Å²) in [6.07, 6.45) is 5.37. The van der Waals surface area contributed by atoms with Gasteiger partial charge in [-0.25, -0.2) is 8.42 Å². The van der Waals surface area contributed by atoms with Gasteiger partial charge in [-0.2, -0.15) is 4.31 Å². The van der Waals surface area contributed by atoms with Gasteiger partial charge in [0.25, 0.3) is 5.91 Å². The molecule has 172 valence electrons. The Morgan fingerprint density at radius 2 is 1.58 bits per heavy atom. The Hall–Kier alpha value is -1.93. The second-order valence-electron chi connectivity index (χ2n) is 8.59. The molecule has 7 nitrogen and oxygen atoms in total. The van der Waals surface area contributed by atoms with E-state index in [4.69, 9.17) is 0 Å². The Morgan fingerprint density at radius 1 is 1.00 bits per heavy atom. The summed E-state index contributed by atoms with van der Waals surface area (Å²) in [5, 5.41) is 0. The van der Waals surface area contributed by atoms with Crippen molar-refractivity contribution in [2.45, 2.75) is 57.8 Å².